The molecule has 25 heavy (non-hydrogen) atoms. The summed E-state index contributed by atoms with van der Waals surface area (Å²) in [6, 6.07) is 0. The number of carbonyl (C=O) groups is 3. The summed E-state index contributed by atoms with van der Waals surface area (Å²) in [4.78, 5) is 39.5. The van der Waals surface area contributed by atoms with E-state index in [1.807, 2.05) is 6.92 Å². The summed E-state index contributed by atoms with van der Waals surface area (Å²) < 4.78 is 0. The second-order valence-corrected chi connectivity index (χ2v) is 9.39. The van der Waals surface area contributed by atoms with Crippen molar-refractivity contribution in [2.24, 2.45) is 34.0 Å². The number of Topliss-reactive ketones (excluding diaryl/α,β-unsaturated/α-hetero) is 3. The summed E-state index contributed by atoms with van der Waals surface area (Å²) >= 11 is 0. The number of fused-ring (bicyclic) bond motifs is 1. The average molecular weight is 344 g/mol. The number of aliphatic hydroxyl groups excluding tert-OH is 1. The molecule has 0 aromatic heterocycles. The number of hydrogen-bond donors (Lipinski definition) is 1. The molecule has 4 heteroatoms. The summed E-state index contributed by atoms with van der Waals surface area (Å²) in [5.74, 6) is -1.87. The Kier molecular flexibility index (Phi) is 3.56. The first-order valence-corrected chi connectivity index (χ1v) is 9.06. The molecule has 1 N–H and O–H groups in total. The van der Waals surface area contributed by atoms with Gasteiger partial charge < -0.3 is 5.11 Å². The molecule has 0 radical (unpaired) electrons. The first kappa shape index (κ1) is 18.1. The monoisotopic (exact) mass is 344 g/mol. The Labute approximate surface area is 149 Å². The molecule has 3 aliphatic carbocycles. The van der Waals surface area contributed by atoms with E-state index in [4.69, 9.17) is 0 Å². The third-order valence-electron chi connectivity index (χ3n) is 7.19. The van der Waals surface area contributed by atoms with Gasteiger partial charge in [0, 0.05) is 5.92 Å². The average Bonchev–Trinajstić information content (AvgIpc) is 2.85. The van der Waals surface area contributed by atoms with Crippen molar-refractivity contribution in [3.63, 3.8) is 0 Å². The smallest absolute Gasteiger partial charge is 0.183 e. The van der Waals surface area contributed by atoms with Gasteiger partial charge in [-0.3, -0.25) is 14.4 Å². The molecule has 0 amide bonds. The Bertz CT molecular complexity index is 754. The lowest BCUT2D eigenvalue weighted by Crippen LogP contribution is -2.49. The fourth-order valence-corrected chi connectivity index (χ4v) is 5.78. The van der Waals surface area contributed by atoms with Gasteiger partial charge in [-0.2, -0.15) is 0 Å². The quantitative estimate of drug-likeness (QED) is 0.480. The highest BCUT2D eigenvalue weighted by molar-refractivity contribution is 6.32. The minimum absolute atomic E-state index is 0.0468. The third-order valence-corrected chi connectivity index (χ3v) is 7.19. The summed E-state index contributed by atoms with van der Waals surface area (Å²) in [5, 5.41) is 10.8. The molecule has 3 rings (SSSR count). The number of hydrogen-bond acceptors (Lipinski definition) is 4. The van der Waals surface area contributed by atoms with Gasteiger partial charge in [0.05, 0.1) is 10.8 Å². The van der Waals surface area contributed by atoms with E-state index in [9.17, 15) is 19.5 Å². The van der Waals surface area contributed by atoms with Gasteiger partial charge in [0.15, 0.2) is 17.3 Å². The molecule has 3 aliphatic rings. The zero-order valence-electron chi connectivity index (χ0n) is 16.0. The Balaban J connectivity index is 2.26. The van der Waals surface area contributed by atoms with E-state index < -0.39 is 22.5 Å². The maximum Gasteiger partial charge on any atom is 0.183 e. The lowest BCUT2D eigenvalue weighted by molar-refractivity contribution is -0.144. The molecule has 2 saturated carbocycles. The van der Waals surface area contributed by atoms with Crippen molar-refractivity contribution in [3.8, 4) is 0 Å². The van der Waals surface area contributed by atoms with Crippen molar-refractivity contribution >= 4 is 17.3 Å². The number of rotatable bonds is 3. The van der Waals surface area contributed by atoms with Crippen molar-refractivity contribution in [3.05, 3.63) is 23.5 Å². The lowest BCUT2D eigenvalue weighted by Gasteiger charge is -2.35. The molecule has 0 unspecified atom stereocenters. The van der Waals surface area contributed by atoms with E-state index >= 15 is 0 Å². The fraction of sp³-hybridized carbons (Fsp3) is 0.667. The molecule has 0 saturated heterocycles. The standard InChI is InChI=1S/C21H28O4/c1-10(2)12-8-21-13(19(12,5)6)9-20(7,18(21)25)16(23)14(17(21)24)15(22)11(3)4/h11-13,23H,1,8-9H2,2-7H3/t12-,13-,20-,21+/m0/s1. The van der Waals surface area contributed by atoms with Crippen LogP contribution in [0.3, 0.4) is 0 Å². The molecule has 136 valence electrons. The van der Waals surface area contributed by atoms with Gasteiger partial charge in [0.1, 0.15) is 11.3 Å². The Morgan fingerprint density at radius 3 is 2.24 bits per heavy atom. The topological polar surface area (TPSA) is 71.4 Å². The molecule has 0 aromatic carbocycles. The summed E-state index contributed by atoms with van der Waals surface area (Å²) in [7, 11) is 0. The van der Waals surface area contributed by atoms with Gasteiger partial charge in [-0.05, 0) is 43.9 Å². The number of allylic oxidation sites excluding steroid dienone is 3. The molecule has 0 aliphatic heterocycles. The van der Waals surface area contributed by atoms with Gasteiger partial charge in [-0.15, -0.1) is 0 Å². The molecule has 0 heterocycles. The Morgan fingerprint density at radius 2 is 1.76 bits per heavy atom. The van der Waals surface area contributed by atoms with Crippen LogP contribution in [0.15, 0.2) is 23.5 Å². The summed E-state index contributed by atoms with van der Waals surface area (Å²) in [5.41, 5.74) is -1.76. The van der Waals surface area contributed by atoms with Crippen molar-refractivity contribution in [1.82, 2.24) is 0 Å². The first-order chi connectivity index (χ1) is 11.3. The second kappa shape index (κ2) is 4.93. The van der Waals surface area contributed by atoms with Crippen LogP contribution in [0, 0.1) is 34.0 Å². The Morgan fingerprint density at radius 1 is 1.20 bits per heavy atom. The largest absolute Gasteiger partial charge is 0.510 e. The van der Waals surface area contributed by atoms with Crippen LogP contribution in [0.25, 0.3) is 0 Å². The predicted octanol–water partition coefficient (Wildman–Crippen LogP) is 3.81. The van der Waals surface area contributed by atoms with E-state index in [-0.39, 0.29) is 40.1 Å². The molecular weight excluding hydrogens is 316 g/mol. The molecule has 2 fully saturated rings. The van der Waals surface area contributed by atoms with E-state index in [0.717, 1.165) is 5.57 Å². The van der Waals surface area contributed by atoms with Gasteiger partial charge in [0.2, 0.25) is 0 Å². The predicted molar refractivity (Wildman–Crippen MR) is 94.9 cm³/mol. The maximum atomic E-state index is 13.5. The van der Waals surface area contributed by atoms with E-state index in [0.29, 0.717) is 12.8 Å². The Hall–Kier alpha value is -1.71. The number of aliphatic hydroxyl groups is 1. The van der Waals surface area contributed by atoms with Gasteiger partial charge in [-0.1, -0.05) is 39.8 Å². The third kappa shape index (κ3) is 1.86. The van der Waals surface area contributed by atoms with Crippen LogP contribution < -0.4 is 0 Å². The van der Waals surface area contributed by atoms with Crippen molar-refractivity contribution < 1.29 is 19.5 Å². The maximum absolute atomic E-state index is 13.5. The molecule has 0 aromatic rings. The van der Waals surface area contributed by atoms with E-state index in [1.165, 1.54) is 0 Å². The zero-order chi connectivity index (χ0) is 19.1. The van der Waals surface area contributed by atoms with Crippen LogP contribution in [0.5, 0.6) is 0 Å². The van der Waals surface area contributed by atoms with E-state index in [1.54, 1.807) is 20.8 Å². The highest BCUT2D eigenvalue weighted by Crippen LogP contribution is 2.71. The molecule has 1 spiro atoms. The zero-order valence-corrected chi connectivity index (χ0v) is 16.0. The van der Waals surface area contributed by atoms with Crippen molar-refractivity contribution in [1.29, 1.82) is 0 Å². The minimum atomic E-state index is -1.19. The van der Waals surface area contributed by atoms with Crippen LogP contribution in [-0.4, -0.2) is 22.5 Å². The second-order valence-electron chi connectivity index (χ2n) is 9.39. The normalized spacial score (nSPS) is 39.2. The number of carbonyl (C=O) groups excluding carboxylic acids is 3. The first-order valence-electron chi connectivity index (χ1n) is 9.06. The summed E-state index contributed by atoms with van der Waals surface area (Å²) in [6.45, 7) is 15.3. The minimum Gasteiger partial charge on any atom is -0.510 e. The SMILES string of the molecule is C=C(C)[C@@H]1C[C@]23C(=O)C(C(=O)C(C)C)=C(O)[C@](C)(C[C@H]2C1(C)C)C3=O. The molecular formula is C21H28O4. The van der Waals surface area contributed by atoms with Crippen LogP contribution in [-0.2, 0) is 14.4 Å². The van der Waals surface area contributed by atoms with Crippen LogP contribution >= 0.6 is 0 Å². The van der Waals surface area contributed by atoms with E-state index in [2.05, 4.69) is 20.4 Å². The fourth-order valence-electron chi connectivity index (χ4n) is 5.78. The van der Waals surface area contributed by atoms with Gasteiger partial charge >= 0.3 is 0 Å². The van der Waals surface area contributed by atoms with Crippen molar-refractivity contribution in [2.75, 3.05) is 0 Å². The highest BCUT2D eigenvalue weighted by Gasteiger charge is 2.76. The molecule has 4 nitrogen and oxygen atoms in total. The molecule has 2 bridgehead atoms. The van der Waals surface area contributed by atoms with Crippen LogP contribution in [0.4, 0.5) is 0 Å². The van der Waals surface area contributed by atoms with Crippen molar-refractivity contribution in [2.45, 2.75) is 54.4 Å². The summed E-state index contributed by atoms with van der Waals surface area (Å²) in [6.07, 6.45) is 0.810. The van der Waals surface area contributed by atoms with Gasteiger partial charge in [0.25, 0.3) is 0 Å². The molecule has 4 atom stereocenters. The lowest BCUT2D eigenvalue weighted by atomic mass is 9.64. The van der Waals surface area contributed by atoms with Crippen LogP contribution in [0.2, 0.25) is 0 Å². The highest BCUT2D eigenvalue weighted by atomic mass is 16.3. The number of ketones is 3. The van der Waals surface area contributed by atoms with Gasteiger partial charge in [-0.25, -0.2) is 0 Å². The van der Waals surface area contributed by atoms with Crippen LogP contribution in [0.1, 0.15) is 54.4 Å².